The average molecular weight is 305 g/mol. The van der Waals surface area contributed by atoms with Crippen LogP contribution in [0.25, 0.3) is 0 Å². The van der Waals surface area contributed by atoms with E-state index < -0.39 is 0 Å². The molecule has 1 atom stereocenters. The quantitative estimate of drug-likeness (QED) is 0.391. The Labute approximate surface area is 138 Å². The highest BCUT2D eigenvalue weighted by Crippen LogP contribution is 2.22. The number of hydrogen-bond acceptors (Lipinski definition) is 1. The molecule has 1 aromatic rings. The van der Waals surface area contributed by atoms with E-state index in [0.29, 0.717) is 5.92 Å². The van der Waals surface area contributed by atoms with E-state index in [-0.39, 0.29) is 6.61 Å². The van der Waals surface area contributed by atoms with Crippen LogP contribution in [0, 0.1) is 0 Å². The molecule has 1 aromatic carbocycles. The summed E-state index contributed by atoms with van der Waals surface area (Å²) >= 11 is 0. The van der Waals surface area contributed by atoms with Gasteiger partial charge >= 0.3 is 0 Å². The molecule has 0 saturated heterocycles. The van der Waals surface area contributed by atoms with E-state index in [1.807, 2.05) is 6.07 Å². The number of hydrogen-bond donors (Lipinski definition) is 1. The predicted molar refractivity (Wildman–Crippen MR) is 97.3 cm³/mol. The molecule has 126 valence electrons. The number of aliphatic hydroxyl groups is 1. The lowest BCUT2D eigenvalue weighted by Gasteiger charge is -2.14. The molecule has 0 saturated carbocycles. The molecule has 0 heterocycles. The van der Waals surface area contributed by atoms with Gasteiger partial charge in [0.1, 0.15) is 0 Å². The molecule has 0 fully saturated rings. The predicted octanol–water partition coefficient (Wildman–Crippen LogP) is 6.46. The van der Waals surface area contributed by atoms with Crippen molar-refractivity contribution in [2.75, 3.05) is 6.61 Å². The molecule has 0 aromatic heterocycles. The Hall–Kier alpha value is -0.820. The van der Waals surface area contributed by atoms with Crippen LogP contribution in [0.15, 0.2) is 30.3 Å². The lowest BCUT2D eigenvalue weighted by molar-refractivity contribution is 0.256. The van der Waals surface area contributed by atoms with Crippen LogP contribution in [-0.4, -0.2) is 11.7 Å². The minimum absolute atomic E-state index is 0.280. The van der Waals surface area contributed by atoms with Gasteiger partial charge in [-0.1, -0.05) is 108 Å². The second-order valence-electron chi connectivity index (χ2n) is 6.61. The fourth-order valence-corrected chi connectivity index (χ4v) is 3.14. The normalized spacial score (nSPS) is 12.5. The average Bonchev–Trinajstić information content (AvgIpc) is 2.57. The molecule has 0 aliphatic carbocycles. The van der Waals surface area contributed by atoms with Crippen LogP contribution in [-0.2, 0) is 0 Å². The minimum atomic E-state index is 0.280. The Bertz CT molecular complexity index is 333. The van der Waals surface area contributed by atoms with Crippen molar-refractivity contribution in [3.63, 3.8) is 0 Å². The first-order chi connectivity index (χ1) is 10.9. The smallest absolute Gasteiger partial charge is 0.0499 e. The molecule has 1 N–H and O–H groups in total. The van der Waals surface area contributed by atoms with Crippen LogP contribution >= 0.6 is 0 Å². The molecule has 0 aliphatic rings. The highest BCUT2D eigenvalue weighted by molar-refractivity contribution is 5.19. The fourth-order valence-electron chi connectivity index (χ4n) is 3.14. The Kier molecular flexibility index (Phi) is 12.1. The van der Waals surface area contributed by atoms with E-state index in [4.69, 9.17) is 0 Å². The van der Waals surface area contributed by atoms with Gasteiger partial charge in [-0.05, 0) is 12.0 Å². The molecule has 1 nitrogen and oxygen atoms in total. The molecule has 22 heavy (non-hydrogen) atoms. The van der Waals surface area contributed by atoms with Gasteiger partial charge in [0, 0.05) is 12.5 Å². The topological polar surface area (TPSA) is 20.2 Å². The van der Waals surface area contributed by atoms with Crippen molar-refractivity contribution in [2.45, 2.75) is 89.9 Å². The molecule has 0 aliphatic heterocycles. The maximum absolute atomic E-state index is 9.54. The van der Waals surface area contributed by atoms with E-state index in [1.54, 1.807) is 0 Å². The standard InChI is InChI=1S/C21H36O/c1-2-3-4-5-6-7-8-9-10-11-13-18-21(19-22)20-16-14-12-15-17-20/h12,14-17,21-22H,2-11,13,18-19H2,1H3. The van der Waals surface area contributed by atoms with Crippen molar-refractivity contribution in [2.24, 2.45) is 0 Å². The van der Waals surface area contributed by atoms with Crippen LogP contribution in [0.4, 0.5) is 0 Å². The molecule has 0 bridgehead atoms. The van der Waals surface area contributed by atoms with Gasteiger partial charge in [0.05, 0.1) is 0 Å². The van der Waals surface area contributed by atoms with E-state index in [2.05, 4.69) is 31.2 Å². The van der Waals surface area contributed by atoms with Crippen molar-refractivity contribution in [3.8, 4) is 0 Å². The van der Waals surface area contributed by atoms with Crippen LogP contribution < -0.4 is 0 Å². The van der Waals surface area contributed by atoms with E-state index >= 15 is 0 Å². The third kappa shape index (κ3) is 9.25. The molecule has 1 unspecified atom stereocenters. The summed E-state index contributed by atoms with van der Waals surface area (Å²) in [7, 11) is 0. The summed E-state index contributed by atoms with van der Waals surface area (Å²) in [5.74, 6) is 0.333. The first kappa shape index (κ1) is 19.2. The third-order valence-corrected chi connectivity index (χ3v) is 4.65. The first-order valence-electron chi connectivity index (χ1n) is 9.54. The Morgan fingerprint density at radius 2 is 1.23 bits per heavy atom. The second kappa shape index (κ2) is 13.8. The lowest BCUT2D eigenvalue weighted by atomic mass is 9.93. The number of unbranched alkanes of at least 4 members (excludes halogenated alkanes) is 10. The van der Waals surface area contributed by atoms with Gasteiger partial charge in [0.25, 0.3) is 0 Å². The fraction of sp³-hybridized carbons (Fsp3) is 0.714. The largest absolute Gasteiger partial charge is 0.396 e. The highest BCUT2D eigenvalue weighted by Gasteiger charge is 2.09. The SMILES string of the molecule is CCCCCCCCCCCCCC(CO)c1ccccc1. The van der Waals surface area contributed by atoms with Gasteiger partial charge in [-0.25, -0.2) is 0 Å². The van der Waals surface area contributed by atoms with Gasteiger partial charge < -0.3 is 5.11 Å². The molecular weight excluding hydrogens is 268 g/mol. The summed E-state index contributed by atoms with van der Waals surface area (Å²) in [6.07, 6.45) is 16.3. The van der Waals surface area contributed by atoms with Gasteiger partial charge in [-0.2, -0.15) is 0 Å². The zero-order valence-corrected chi connectivity index (χ0v) is 14.6. The summed E-state index contributed by atoms with van der Waals surface area (Å²) in [6.45, 7) is 2.56. The number of rotatable bonds is 14. The van der Waals surface area contributed by atoms with Crippen LogP contribution in [0.5, 0.6) is 0 Å². The molecule has 0 spiro atoms. The Morgan fingerprint density at radius 3 is 1.73 bits per heavy atom. The van der Waals surface area contributed by atoms with E-state index in [9.17, 15) is 5.11 Å². The highest BCUT2D eigenvalue weighted by atomic mass is 16.3. The number of aliphatic hydroxyl groups excluding tert-OH is 1. The lowest BCUT2D eigenvalue weighted by Crippen LogP contribution is -2.03. The van der Waals surface area contributed by atoms with Gasteiger partial charge in [0.15, 0.2) is 0 Å². The summed E-state index contributed by atoms with van der Waals surface area (Å²) in [4.78, 5) is 0. The van der Waals surface area contributed by atoms with Crippen molar-refractivity contribution in [3.05, 3.63) is 35.9 Å². The molecule has 0 amide bonds. The minimum Gasteiger partial charge on any atom is -0.396 e. The second-order valence-corrected chi connectivity index (χ2v) is 6.61. The van der Waals surface area contributed by atoms with Gasteiger partial charge in [-0.3, -0.25) is 0 Å². The van der Waals surface area contributed by atoms with Gasteiger partial charge in [-0.15, -0.1) is 0 Å². The molecule has 0 radical (unpaired) electrons. The first-order valence-corrected chi connectivity index (χ1v) is 9.54. The van der Waals surface area contributed by atoms with Crippen molar-refractivity contribution in [1.82, 2.24) is 0 Å². The zero-order valence-electron chi connectivity index (χ0n) is 14.6. The van der Waals surface area contributed by atoms with Crippen LogP contribution in [0.1, 0.15) is 95.5 Å². The summed E-state index contributed by atoms with van der Waals surface area (Å²) in [5, 5.41) is 9.54. The Balaban J connectivity index is 1.94. The number of benzene rings is 1. The maximum atomic E-state index is 9.54. The molecule has 1 rings (SSSR count). The van der Waals surface area contributed by atoms with E-state index in [0.717, 1.165) is 6.42 Å². The van der Waals surface area contributed by atoms with Crippen molar-refractivity contribution >= 4 is 0 Å². The molecule has 1 heteroatoms. The third-order valence-electron chi connectivity index (χ3n) is 4.65. The van der Waals surface area contributed by atoms with Crippen molar-refractivity contribution in [1.29, 1.82) is 0 Å². The van der Waals surface area contributed by atoms with Gasteiger partial charge in [0.2, 0.25) is 0 Å². The summed E-state index contributed by atoms with van der Waals surface area (Å²) in [5.41, 5.74) is 1.29. The maximum Gasteiger partial charge on any atom is 0.0499 e. The van der Waals surface area contributed by atoms with Crippen LogP contribution in [0.2, 0.25) is 0 Å². The monoisotopic (exact) mass is 304 g/mol. The Morgan fingerprint density at radius 1 is 0.727 bits per heavy atom. The van der Waals surface area contributed by atoms with Crippen molar-refractivity contribution < 1.29 is 5.11 Å². The summed E-state index contributed by atoms with van der Waals surface area (Å²) in [6, 6.07) is 10.5. The van der Waals surface area contributed by atoms with E-state index in [1.165, 1.54) is 76.2 Å². The zero-order chi connectivity index (χ0) is 15.9. The van der Waals surface area contributed by atoms with Crippen LogP contribution in [0.3, 0.4) is 0 Å². The molecular formula is C21H36O. The summed E-state index contributed by atoms with van der Waals surface area (Å²) < 4.78 is 0.